The van der Waals surface area contributed by atoms with Crippen molar-refractivity contribution in [2.75, 3.05) is 25.0 Å². The van der Waals surface area contributed by atoms with Crippen LogP contribution in [-0.2, 0) is 32.3 Å². The number of rotatable bonds is 15. The number of nitrogens with two attached hydrogens (primary N) is 1. The van der Waals surface area contributed by atoms with Crippen LogP contribution in [0.4, 0.5) is 5.69 Å². The number of benzene rings is 3. The number of amides is 3. The van der Waals surface area contributed by atoms with Gasteiger partial charge in [0.1, 0.15) is 6.04 Å². The highest BCUT2D eigenvalue weighted by Gasteiger charge is 2.29. The van der Waals surface area contributed by atoms with Gasteiger partial charge in [0.05, 0.1) is 36.6 Å². The van der Waals surface area contributed by atoms with Gasteiger partial charge in [-0.05, 0) is 61.4 Å². The van der Waals surface area contributed by atoms with Crippen molar-refractivity contribution in [2.45, 2.75) is 76.6 Å². The van der Waals surface area contributed by atoms with Crippen molar-refractivity contribution < 1.29 is 19.1 Å². The van der Waals surface area contributed by atoms with Crippen LogP contribution in [-0.4, -0.2) is 63.7 Å². The molecule has 3 amide bonds. The minimum Gasteiger partial charge on any atom is -0.374 e. The van der Waals surface area contributed by atoms with E-state index in [-0.39, 0.29) is 18.4 Å². The highest BCUT2D eigenvalue weighted by molar-refractivity contribution is 5.98. The van der Waals surface area contributed by atoms with Crippen molar-refractivity contribution >= 4 is 34.2 Å². The summed E-state index contributed by atoms with van der Waals surface area (Å²) >= 11 is 0. The van der Waals surface area contributed by atoms with Crippen LogP contribution in [0.5, 0.6) is 0 Å². The van der Waals surface area contributed by atoms with Gasteiger partial charge in [-0.1, -0.05) is 79.2 Å². The highest BCUT2D eigenvalue weighted by Crippen LogP contribution is 2.29. The normalized spacial score (nSPS) is 14.6. The van der Waals surface area contributed by atoms with Crippen LogP contribution in [0.1, 0.15) is 63.0 Å². The maximum absolute atomic E-state index is 13.6. The summed E-state index contributed by atoms with van der Waals surface area (Å²) in [6, 6.07) is 23.3. The van der Waals surface area contributed by atoms with E-state index in [1.54, 1.807) is 30.9 Å². The highest BCUT2D eigenvalue weighted by atomic mass is 16.5. The van der Waals surface area contributed by atoms with Crippen molar-refractivity contribution in [3.63, 3.8) is 0 Å². The average Bonchev–Trinajstić information content (AvgIpc) is 3.77. The van der Waals surface area contributed by atoms with Crippen LogP contribution >= 0.6 is 0 Å². The molecule has 1 unspecified atom stereocenters. The van der Waals surface area contributed by atoms with Crippen molar-refractivity contribution in [3.05, 3.63) is 96.3 Å². The number of hydrogen-bond donors (Lipinski definition) is 3. The summed E-state index contributed by atoms with van der Waals surface area (Å²) in [6.07, 6.45) is 7.90. The molecule has 0 saturated carbocycles. The zero-order valence-electron chi connectivity index (χ0n) is 27.4. The van der Waals surface area contributed by atoms with E-state index in [4.69, 9.17) is 10.5 Å². The molecule has 1 aliphatic rings. The number of hydrogen-bond acceptors (Lipinski definition) is 6. The standard InChI is InChI=1S/C37H46N6O4/c1-37(2,38)36(46)41-33(26-47-25-27-12-4-3-5-13-27)34(44)40-31-23-39-43(24-31)21-9-8-16-32(35(45)42-19-10-11-20-42)30-18-17-28-14-6-7-15-29(28)22-30/h3-7,12-15,17-18,22-24,32-33H,8-11,16,19-21,25-26,38H2,1-2H3,(H,40,44)(H,41,46)/t32?,33-/m1/s1. The molecule has 2 atom stereocenters. The Hall–Kier alpha value is -4.54. The van der Waals surface area contributed by atoms with Crippen LogP contribution in [0, 0.1) is 0 Å². The van der Waals surface area contributed by atoms with Gasteiger partial charge in [0.2, 0.25) is 17.7 Å². The monoisotopic (exact) mass is 638 g/mol. The number of anilines is 1. The Bertz CT molecular complexity index is 1640. The molecule has 1 aliphatic heterocycles. The molecular weight excluding hydrogens is 592 g/mol. The molecule has 0 bridgehead atoms. The Kier molecular flexibility index (Phi) is 11.4. The SMILES string of the molecule is CC(C)(N)C(=O)N[C@H](COCc1ccccc1)C(=O)Nc1cnn(CCCCC(C(=O)N2CCCC2)c2ccc3ccccc3c2)c1. The lowest BCUT2D eigenvalue weighted by Gasteiger charge is -2.24. The first-order chi connectivity index (χ1) is 22.7. The van der Waals surface area contributed by atoms with Crippen LogP contribution in [0.15, 0.2) is 85.2 Å². The molecule has 47 heavy (non-hydrogen) atoms. The third-order valence-electron chi connectivity index (χ3n) is 8.53. The van der Waals surface area contributed by atoms with Gasteiger partial charge >= 0.3 is 0 Å². The Morgan fingerprint density at radius 3 is 2.43 bits per heavy atom. The van der Waals surface area contributed by atoms with Crippen LogP contribution in [0.2, 0.25) is 0 Å². The minimum absolute atomic E-state index is 0.0226. The number of nitrogens with zero attached hydrogens (tertiary/aromatic N) is 3. The molecule has 0 aliphatic carbocycles. The van der Waals surface area contributed by atoms with E-state index in [0.717, 1.165) is 61.7 Å². The number of aryl methyl sites for hydroxylation is 1. The second kappa shape index (κ2) is 15.8. The Balaban J connectivity index is 1.16. The third kappa shape index (κ3) is 9.49. The molecule has 0 radical (unpaired) electrons. The van der Waals surface area contributed by atoms with Crippen LogP contribution < -0.4 is 16.4 Å². The number of unbranched alkanes of at least 4 members (excludes halogenated alkanes) is 1. The number of fused-ring (bicyclic) bond motifs is 1. The van der Waals surface area contributed by atoms with E-state index in [0.29, 0.717) is 18.8 Å². The lowest BCUT2D eigenvalue weighted by molar-refractivity contribution is -0.132. The summed E-state index contributed by atoms with van der Waals surface area (Å²) in [6.45, 7) is 5.74. The molecule has 1 aromatic heterocycles. The zero-order valence-corrected chi connectivity index (χ0v) is 27.4. The van der Waals surface area contributed by atoms with Crippen molar-refractivity contribution in [2.24, 2.45) is 5.73 Å². The molecule has 10 nitrogen and oxygen atoms in total. The van der Waals surface area contributed by atoms with Gasteiger partial charge in [-0.25, -0.2) is 0 Å². The molecule has 4 aromatic rings. The first-order valence-corrected chi connectivity index (χ1v) is 16.5. The fourth-order valence-electron chi connectivity index (χ4n) is 5.81. The topological polar surface area (TPSA) is 132 Å². The summed E-state index contributed by atoms with van der Waals surface area (Å²) in [5, 5.41) is 12.3. The summed E-state index contributed by atoms with van der Waals surface area (Å²) in [4.78, 5) is 41.5. The molecule has 5 rings (SSSR count). The van der Waals surface area contributed by atoms with E-state index in [2.05, 4.69) is 46.1 Å². The molecule has 1 saturated heterocycles. The molecule has 2 heterocycles. The minimum atomic E-state index is -1.16. The van der Waals surface area contributed by atoms with Gasteiger partial charge in [0.25, 0.3) is 0 Å². The van der Waals surface area contributed by atoms with Crippen molar-refractivity contribution in [3.8, 4) is 0 Å². The smallest absolute Gasteiger partial charge is 0.249 e. The van der Waals surface area contributed by atoms with Crippen LogP contribution in [0.25, 0.3) is 10.8 Å². The van der Waals surface area contributed by atoms with E-state index in [1.165, 1.54) is 5.39 Å². The fraction of sp³-hybridized carbons (Fsp3) is 0.405. The number of aromatic nitrogens is 2. The van der Waals surface area contributed by atoms with E-state index in [1.807, 2.05) is 47.4 Å². The maximum atomic E-state index is 13.6. The summed E-state index contributed by atoms with van der Waals surface area (Å²) in [5.74, 6) is -0.843. The van der Waals surface area contributed by atoms with E-state index >= 15 is 0 Å². The number of likely N-dealkylation sites (tertiary alicyclic amines) is 1. The molecule has 4 N–H and O–H groups in total. The van der Waals surface area contributed by atoms with Gasteiger partial charge in [-0.15, -0.1) is 0 Å². The van der Waals surface area contributed by atoms with Crippen molar-refractivity contribution in [1.29, 1.82) is 0 Å². The Morgan fingerprint density at radius 1 is 0.957 bits per heavy atom. The second-order valence-corrected chi connectivity index (χ2v) is 12.9. The maximum Gasteiger partial charge on any atom is 0.249 e. The molecular formula is C37H46N6O4. The van der Waals surface area contributed by atoms with Gasteiger partial charge in [-0.2, -0.15) is 5.10 Å². The second-order valence-electron chi connectivity index (χ2n) is 12.9. The fourth-order valence-corrected chi connectivity index (χ4v) is 5.81. The summed E-state index contributed by atoms with van der Waals surface area (Å²) < 4.78 is 7.57. The summed E-state index contributed by atoms with van der Waals surface area (Å²) in [5.41, 5.74) is 7.35. The average molecular weight is 639 g/mol. The van der Waals surface area contributed by atoms with Gasteiger partial charge < -0.3 is 26.0 Å². The largest absolute Gasteiger partial charge is 0.374 e. The summed E-state index contributed by atoms with van der Waals surface area (Å²) in [7, 11) is 0. The first-order valence-electron chi connectivity index (χ1n) is 16.5. The van der Waals surface area contributed by atoms with Gasteiger partial charge in [0.15, 0.2) is 0 Å². The third-order valence-corrected chi connectivity index (χ3v) is 8.53. The lowest BCUT2D eigenvalue weighted by atomic mass is 9.90. The predicted molar refractivity (Wildman–Crippen MR) is 184 cm³/mol. The van der Waals surface area contributed by atoms with Gasteiger partial charge in [0, 0.05) is 25.8 Å². The quantitative estimate of drug-likeness (QED) is 0.157. The number of carbonyl (C=O) groups excluding carboxylic acids is 3. The Labute approximate surface area is 276 Å². The molecule has 3 aromatic carbocycles. The number of ether oxygens (including phenoxy) is 1. The predicted octanol–water partition coefficient (Wildman–Crippen LogP) is 4.99. The molecule has 248 valence electrons. The van der Waals surface area contributed by atoms with Crippen molar-refractivity contribution in [1.82, 2.24) is 20.0 Å². The Morgan fingerprint density at radius 2 is 1.68 bits per heavy atom. The number of nitrogens with one attached hydrogen (secondary N) is 2. The number of carbonyl (C=O) groups is 3. The molecule has 1 fully saturated rings. The zero-order chi connectivity index (χ0) is 33.2. The van der Waals surface area contributed by atoms with Gasteiger partial charge in [-0.3, -0.25) is 19.1 Å². The molecule has 10 heteroatoms. The van der Waals surface area contributed by atoms with E-state index in [9.17, 15) is 14.4 Å². The lowest BCUT2D eigenvalue weighted by Crippen LogP contribution is -2.56. The van der Waals surface area contributed by atoms with Crippen LogP contribution in [0.3, 0.4) is 0 Å². The first kappa shape index (κ1) is 33.8. The molecule has 0 spiro atoms. The van der Waals surface area contributed by atoms with E-state index < -0.39 is 23.4 Å².